The second-order valence-electron chi connectivity index (χ2n) is 5.27. The summed E-state index contributed by atoms with van der Waals surface area (Å²) in [5.41, 5.74) is 0. The van der Waals surface area contributed by atoms with Crippen molar-refractivity contribution >= 4 is 22.5 Å². The van der Waals surface area contributed by atoms with Gasteiger partial charge in [0.2, 0.25) is 0 Å². The molecule has 94 valence electrons. The molecular formula is C14H26S2. The molecule has 1 saturated carbocycles. The van der Waals surface area contributed by atoms with E-state index in [-0.39, 0.29) is 0 Å². The van der Waals surface area contributed by atoms with Crippen molar-refractivity contribution < 1.29 is 0 Å². The van der Waals surface area contributed by atoms with E-state index >= 15 is 0 Å². The molecule has 1 aliphatic rings. The molecule has 2 heteroatoms. The second-order valence-corrected chi connectivity index (χ2v) is 6.63. The fourth-order valence-electron chi connectivity index (χ4n) is 2.75. The van der Waals surface area contributed by atoms with Gasteiger partial charge in [-0.25, -0.2) is 0 Å². The Kier molecular flexibility index (Phi) is 7.72. The standard InChI is InChI=1S/C14H26S2/c1-3-12(2)10-14-7-4-6-13(11-14)8-5-9-16-15/h5,8,12-15H,3-4,6-7,9-11H2,1-2H3. The molecule has 1 fully saturated rings. The lowest BCUT2D eigenvalue weighted by atomic mass is 9.77. The van der Waals surface area contributed by atoms with Gasteiger partial charge in [-0.05, 0) is 37.0 Å². The maximum Gasteiger partial charge on any atom is 0.0215 e. The monoisotopic (exact) mass is 258 g/mol. The van der Waals surface area contributed by atoms with E-state index in [9.17, 15) is 0 Å². The van der Waals surface area contributed by atoms with E-state index in [0.717, 1.165) is 23.5 Å². The largest absolute Gasteiger partial charge is 0.111 e. The summed E-state index contributed by atoms with van der Waals surface area (Å²) in [6.45, 7) is 4.71. The lowest BCUT2D eigenvalue weighted by Gasteiger charge is -2.29. The van der Waals surface area contributed by atoms with Crippen molar-refractivity contribution in [3.63, 3.8) is 0 Å². The molecule has 1 rings (SSSR count). The Morgan fingerprint density at radius 3 is 2.94 bits per heavy atom. The summed E-state index contributed by atoms with van der Waals surface area (Å²) in [5, 5.41) is 0. The number of rotatable bonds is 6. The molecular weight excluding hydrogens is 232 g/mol. The number of hydrogen-bond acceptors (Lipinski definition) is 2. The predicted molar refractivity (Wildman–Crippen MR) is 80.1 cm³/mol. The molecule has 0 amide bonds. The summed E-state index contributed by atoms with van der Waals surface area (Å²) < 4.78 is 0. The summed E-state index contributed by atoms with van der Waals surface area (Å²) in [7, 11) is 1.61. The van der Waals surface area contributed by atoms with Crippen LogP contribution in [0.25, 0.3) is 0 Å². The van der Waals surface area contributed by atoms with Crippen molar-refractivity contribution in [2.24, 2.45) is 17.8 Å². The van der Waals surface area contributed by atoms with Crippen LogP contribution in [0.5, 0.6) is 0 Å². The Hall–Kier alpha value is 0.440. The van der Waals surface area contributed by atoms with Crippen molar-refractivity contribution in [2.45, 2.75) is 52.4 Å². The molecule has 0 N–H and O–H groups in total. The molecule has 1 aliphatic carbocycles. The van der Waals surface area contributed by atoms with Gasteiger partial charge in [-0.1, -0.05) is 56.1 Å². The van der Waals surface area contributed by atoms with Crippen molar-refractivity contribution in [1.82, 2.24) is 0 Å². The Balaban J connectivity index is 2.29. The molecule has 16 heavy (non-hydrogen) atoms. The minimum atomic E-state index is 0.850. The molecule has 0 saturated heterocycles. The van der Waals surface area contributed by atoms with E-state index in [4.69, 9.17) is 0 Å². The van der Waals surface area contributed by atoms with Gasteiger partial charge in [0.05, 0.1) is 0 Å². The first-order valence-corrected chi connectivity index (χ1v) is 8.73. The first kappa shape index (κ1) is 14.5. The van der Waals surface area contributed by atoms with Crippen LogP contribution >= 0.6 is 22.5 Å². The lowest BCUT2D eigenvalue weighted by Crippen LogP contribution is -2.16. The molecule has 0 aromatic rings. The van der Waals surface area contributed by atoms with Gasteiger partial charge in [0.25, 0.3) is 0 Å². The topological polar surface area (TPSA) is 0 Å². The molecule has 0 nitrogen and oxygen atoms in total. The summed E-state index contributed by atoms with van der Waals surface area (Å²) in [4.78, 5) is 0. The van der Waals surface area contributed by atoms with Crippen LogP contribution in [0.4, 0.5) is 0 Å². The van der Waals surface area contributed by atoms with E-state index in [0.29, 0.717) is 0 Å². The normalized spacial score (nSPS) is 28.4. The first-order valence-electron chi connectivity index (χ1n) is 6.69. The van der Waals surface area contributed by atoms with Crippen LogP contribution in [0.3, 0.4) is 0 Å². The molecule has 3 unspecified atom stereocenters. The van der Waals surface area contributed by atoms with Gasteiger partial charge >= 0.3 is 0 Å². The van der Waals surface area contributed by atoms with Crippen LogP contribution in [-0.4, -0.2) is 5.75 Å². The number of thiol groups is 1. The lowest BCUT2D eigenvalue weighted by molar-refractivity contribution is 0.257. The van der Waals surface area contributed by atoms with Gasteiger partial charge < -0.3 is 0 Å². The van der Waals surface area contributed by atoms with Crippen LogP contribution in [-0.2, 0) is 0 Å². The van der Waals surface area contributed by atoms with Crippen molar-refractivity contribution in [3.05, 3.63) is 12.2 Å². The third-order valence-electron chi connectivity index (χ3n) is 3.84. The predicted octanol–water partition coefficient (Wildman–Crippen LogP) is 5.36. The maximum atomic E-state index is 4.16. The smallest absolute Gasteiger partial charge is 0.0215 e. The first-order chi connectivity index (χ1) is 7.76. The van der Waals surface area contributed by atoms with Crippen LogP contribution in [0.2, 0.25) is 0 Å². The summed E-state index contributed by atoms with van der Waals surface area (Å²) in [6.07, 6.45) is 13.3. The van der Waals surface area contributed by atoms with Gasteiger partial charge in [0.15, 0.2) is 0 Å². The Bertz CT molecular complexity index is 201. The van der Waals surface area contributed by atoms with Crippen molar-refractivity contribution in [2.75, 3.05) is 5.75 Å². The van der Waals surface area contributed by atoms with E-state index in [1.54, 1.807) is 10.8 Å². The fraction of sp³-hybridized carbons (Fsp3) is 0.857. The zero-order chi connectivity index (χ0) is 11.8. The maximum absolute atomic E-state index is 4.16. The van der Waals surface area contributed by atoms with Crippen LogP contribution < -0.4 is 0 Å². The quantitative estimate of drug-likeness (QED) is 0.380. The molecule has 0 heterocycles. The number of allylic oxidation sites excluding steroid dienone is 1. The van der Waals surface area contributed by atoms with Crippen LogP contribution in [0, 0.1) is 17.8 Å². The fourth-order valence-corrected chi connectivity index (χ4v) is 3.20. The molecule has 0 aromatic carbocycles. The minimum absolute atomic E-state index is 0.850. The average molecular weight is 258 g/mol. The van der Waals surface area contributed by atoms with Gasteiger partial charge in [-0.15, -0.1) is 11.7 Å². The van der Waals surface area contributed by atoms with E-state index in [2.05, 4.69) is 37.7 Å². The van der Waals surface area contributed by atoms with E-state index in [1.807, 2.05) is 0 Å². The van der Waals surface area contributed by atoms with Crippen molar-refractivity contribution in [3.8, 4) is 0 Å². The van der Waals surface area contributed by atoms with Crippen molar-refractivity contribution in [1.29, 1.82) is 0 Å². The highest BCUT2D eigenvalue weighted by Crippen LogP contribution is 2.34. The summed E-state index contributed by atoms with van der Waals surface area (Å²) in [6, 6.07) is 0. The third kappa shape index (κ3) is 5.67. The Labute approximate surface area is 110 Å². The highest BCUT2D eigenvalue weighted by Gasteiger charge is 2.21. The Morgan fingerprint density at radius 2 is 2.25 bits per heavy atom. The molecule has 3 atom stereocenters. The van der Waals surface area contributed by atoms with E-state index in [1.165, 1.54) is 38.5 Å². The summed E-state index contributed by atoms with van der Waals surface area (Å²) in [5.74, 6) is 3.81. The van der Waals surface area contributed by atoms with Gasteiger partial charge in [-0.3, -0.25) is 0 Å². The molecule has 0 bridgehead atoms. The highest BCUT2D eigenvalue weighted by molar-refractivity contribution is 8.68. The second kappa shape index (κ2) is 8.52. The van der Waals surface area contributed by atoms with Gasteiger partial charge in [-0.2, -0.15) is 0 Å². The molecule has 0 aromatic heterocycles. The molecule has 0 spiro atoms. The zero-order valence-electron chi connectivity index (χ0n) is 10.7. The van der Waals surface area contributed by atoms with Gasteiger partial charge in [0, 0.05) is 5.75 Å². The molecule has 0 aliphatic heterocycles. The zero-order valence-corrected chi connectivity index (χ0v) is 12.4. The average Bonchev–Trinajstić information content (AvgIpc) is 2.30. The van der Waals surface area contributed by atoms with Crippen LogP contribution in [0.1, 0.15) is 52.4 Å². The summed E-state index contributed by atoms with van der Waals surface area (Å²) >= 11 is 4.16. The number of hydrogen-bond donors (Lipinski definition) is 1. The van der Waals surface area contributed by atoms with Gasteiger partial charge in [0.1, 0.15) is 0 Å². The molecule has 0 radical (unpaired) electrons. The Morgan fingerprint density at radius 1 is 1.44 bits per heavy atom. The highest BCUT2D eigenvalue weighted by atomic mass is 33.1. The minimum Gasteiger partial charge on any atom is -0.111 e. The third-order valence-corrected chi connectivity index (χ3v) is 4.62. The SMILES string of the molecule is CCC(C)CC1CCCC(C=CCSS)C1. The van der Waals surface area contributed by atoms with Crippen LogP contribution in [0.15, 0.2) is 12.2 Å². The van der Waals surface area contributed by atoms with E-state index < -0.39 is 0 Å².